The van der Waals surface area contributed by atoms with Gasteiger partial charge in [0.2, 0.25) is 0 Å². The first-order valence-electron chi connectivity index (χ1n) is 9.25. The van der Waals surface area contributed by atoms with E-state index in [-0.39, 0.29) is 4.90 Å². The summed E-state index contributed by atoms with van der Waals surface area (Å²) in [5, 5.41) is 0.417. The zero-order chi connectivity index (χ0) is 21.2. The minimum atomic E-state index is -3.89. The third-order valence-corrected chi connectivity index (χ3v) is 7.19. The Labute approximate surface area is 177 Å². The summed E-state index contributed by atoms with van der Waals surface area (Å²) in [5.41, 5.74) is 3.31. The van der Waals surface area contributed by atoms with Crippen molar-refractivity contribution in [1.82, 2.24) is 0 Å². The molecule has 0 radical (unpaired) electrons. The molecule has 0 saturated carbocycles. The highest BCUT2D eigenvalue weighted by Crippen LogP contribution is 2.36. The minimum Gasteiger partial charge on any atom is -0.497 e. The molecular formula is C23H24ClNO3S. The molecule has 0 spiro atoms. The number of sulfonamides is 1. The molecule has 0 bridgehead atoms. The summed E-state index contributed by atoms with van der Waals surface area (Å²) in [7, 11) is -2.33. The Balaban J connectivity index is 2.19. The maximum atomic E-state index is 13.7. The third kappa shape index (κ3) is 4.41. The molecule has 0 aliphatic heterocycles. The van der Waals surface area contributed by atoms with Crippen molar-refractivity contribution in [3.8, 4) is 5.75 Å². The van der Waals surface area contributed by atoms with Crippen LogP contribution in [-0.2, 0) is 10.0 Å². The lowest BCUT2D eigenvalue weighted by Gasteiger charge is -2.31. The van der Waals surface area contributed by atoms with Crippen molar-refractivity contribution >= 4 is 27.3 Å². The number of hydrogen-bond acceptors (Lipinski definition) is 3. The first-order valence-corrected chi connectivity index (χ1v) is 11.1. The van der Waals surface area contributed by atoms with E-state index in [2.05, 4.69) is 0 Å². The summed E-state index contributed by atoms with van der Waals surface area (Å²) in [6.07, 6.45) is 0. The molecule has 0 amide bonds. The van der Waals surface area contributed by atoms with Gasteiger partial charge >= 0.3 is 0 Å². The second-order valence-electron chi connectivity index (χ2n) is 7.00. The summed E-state index contributed by atoms with van der Waals surface area (Å²) in [4.78, 5) is 0.149. The van der Waals surface area contributed by atoms with Crippen LogP contribution in [0, 0.1) is 13.8 Å². The van der Waals surface area contributed by atoms with E-state index in [1.807, 2.05) is 45.0 Å². The van der Waals surface area contributed by atoms with Gasteiger partial charge in [-0.3, -0.25) is 4.31 Å². The van der Waals surface area contributed by atoms with Crippen molar-refractivity contribution in [2.24, 2.45) is 0 Å². The van der Waals surface area contributed by atoms with E-state index in [1.54, 1.807) is 43.5 Å². The van der Waals surface area contributed by atoms with Crippen LogP contribution in [0.15, 0.2) is 71.6 Å². The highest BCUT2D eigenvalue weighted by atomic mass is 35.5. The first-order chi connectivity index (χ1) is 13.7. The molecule has 0 aliphatic rings. The van der Waals surface area contributed by atoms with Gasteiger partial charge in [0.25, 0.3) is 10.0 Å². The fourth-order valence-electron chi connectivity index (χ4n) is 3.23. The highest BCUT2D eigenvalue weighted by Gasteiger charge is 2.31. The molecule has 3 rings (SSSR count). The number of nitrogens with zero attached hydrogens (tertiary/aromatic N) is 1. The molecule has 1 atom stereocenters. The summed E-state index contributed by atoms with van der Waals surface area (Å²) in [5.74, 6) is 0.584. The zero-order valence-electron chi connectivity index (χ0n) is 16.9. The molecule has 152 valence electrons. The molecule has 29 heavy (non-hydrogen) atoms. The van der Waals surface area contributed by atoms with Gasteiger partial charge in [-0.15, -0.1) is 0 Å². The summed E-state index contributed by atoms with van der Waals surface area (Å²) in [6, 6.07) is 19.3. The number of rotatable bonds is 6. The highest BCUT2D eigenvalue weighted by molar-refractivity contribution is 7.92. The molecule has 1 unspecified atom stereocenters. The van der Waals surface area contributed by atoms with E-state index < -0.39 is 16.1 Å². The molecule has 0 aromatic heterocycles. The monoisotopic (exact) mass is 429 g/mol. The van der Waals surface area contributed by atoms with Crippen LogP contribution >= 0.6 is 11.6 Å². The van der Waals surface area contributed by atoms with Crippen LogP contribution in [0.3, 0.4) is 0 Å². The number of ether oxygens (including phenoxy) is 1. The average Bonchev–Trinajstić information content (AvgIpc) is 2.70. The Kier molecular flexibility index (Phi) is 6.20. The molecule has 3 aromatic rings. The van der Waals surface area contributed by atoms with Crippen molar-refractivity contribution in [2.45, 2.75) is 31.7 Å². The molecule has 0 N–H and O–H groups in total. The van der Waals surface area contributed by atoms with Gasteiger partial charge in [-0.1, -0.05) is 53.6 Å². The Morgan fingerprint density at radius 1 is 0.966 bits per heavy atom. The van der Waals surface area contributed by atoms with E-state index in [1.165, 1.54) is 10.4 Å². The maximum absolute atomic E-state index is 13.7. The lowest BCUT2D eigenvalue weighted by atomic mass is 10.1. The number of anilines is 1. The van der Waals surface area contributed by atoms with Gasteiger partial charge in [0, 0.05) is 11.1 Å². The van der Waals surface area contributed by atoms with E-state index in [4.69, 9.17) is 16.3 Å². The second kappa shape index (κ2) is 8.47. The van der Waals surface area contributed by atoms with E-state index in [9.17, 15) is 8.42 Å². The lowest BCUT2D eigenvalue weighted by Crippen LogP contribution is -2.33. The standard InChI is InChI=1S/C23H24ClNO3S/c1-16-7-5-8-19(13-16)18(3)25(20-9-6-10-21(14-20)28-4)29(26,27)22-12-11-17(2)23(24)15-22/h5-15,18H,1-4H3. The van der Waals surface area contributed by atoms with Crippen molar-refractivity contribution < 1.29 is 13.2 Å². The summed E-state index contributed by atoms with van der Waals surface area (Å²) < 4.78 is 34.2. The van der Waals surface area contributed by atoms with Gasteiger partial charge in [-0.25, -0.2) is 8.42 Å². The Bertz CT molecular complexity index is 1130. The van der Waals surface area contributed by atoms with Gasteiger partial charge < -0.3 is 4.74 Å². The molecule has 6 heteroatoms. The van der Waals surface area contributed by atoms with Crippen LogP contribution in [0.1, 0.15) is 29.7 Å². The Morgan fingerprint density at radius 3 is 2.34 bits per heavy atom. The van der Waals surface area contributed by atoms with Crippen LogP contribution in [-0.4, -0.2) is 15.5 Å². The predicted octanol–water partition coefficient (Wildman–Crippen LogP) is 5.92. The quantitative estimate of drug-likeness (QED) is 0.488. The van der Waals surface area contributed by atoms with Crippen molar-refractivity contribution in [3.05, 3.63) is 88.4 Å². The van der Waals surface area contributed by atoms with Gasteiger partial charge in [0.05, 0.1) is 23.7 Å². The van der Waals surface area contributed by atoms with E-state index in [0.717, 1.165) is 16.7 Å². The van der Waals surface area contributed by atoms with Crippen LogP contribution in [0.25, 0.3) is 0 Å². The van der Waals surface area contributed by atoms with Crippen LogP contribution < -0.4 is 9.04 Å². The molecule has 3 aromatic carbocycles. The van der Waals surface area contributed by atoms with E-state index >= 15 is 0 Å². The molecule has 0 fully saturated rings. The number of aryl methyl sites for hydroxylation is 2. The Hall–Kier alpha value is -2.50. The fraction of sp³-hybridized carbons (Fsp3) is 0.217. The predicted molar refractivity (Wildman–Crippen MR) is 118 cm³/mol. The van der Waals surface area contributed by atoms with E-state index in [0.29, 0.717) is 16.5 Å². The molecule has 0 heterocycles. The third-order valence-electron chi connectivity index (χ3n) is 4.88. The normalized spacial score (nSPS) is 12.4. The van der Waals surface area contributed by atoms with Crippen LogP contribution in [0.2, 0.25) is 5.02 Å². The minimum absolute atomic E-state index is 0.149. The zero-order valence-corrected chi connectivity index (χ0v) is 18.5. The SMILES string of the molecule is COc1cccc(N(C(C)c2cccc(C)c2)S(=O)(=O)c2ccc(C)c(Cl)c2)c1. The van der Waals surface area contributed by atoms with Crippen LogP contribution in [0.5, 0.6) is 5.75 Å². The Morgan fingerprint density at radius 2 is 1.69 bits per heavy atom. The van der Waals surface area contributed by atoms with Crippen molar-refractivity contribution in [3.63, 3.8) is 0 Å². The van der Waals surface area contributed by atoms with Crippen LogP contribution in [0.4, 0.5) is 5.69 Å². The van der Waals surface area contributed by atoms with Crippen molar-refractivity contribution in [1.29, 1.82) is 0 Å². The number of halogens is 1. The molecule has 4 nitrogen and oxygen atoms in total. The first kappa shape index (κ1) is 21.2. The van der Waals surface area contributed by atoms with Crippen molar-refractivity contribution in [2.75, 3.05) is 11.4 Å². The average molecular weight is 430 g/mol. The summed E-state index contributed by atoms with van der Waals surface area (Å²) in [6.45, 7) is 5.70. The lowest BCUT2D eigenvalue weighted by molar-refractivity contribution is 0.415. The molecule has 0 saturated heterocycles. The van der Waals surface area contributed by atoms with Gasteiger partial charge in [-0.2, -0.15) is 0 Å². The number of methoxy groups -OCH3 is 1. The fourth-order valence-corrected chi connectivity index (χ4v) is 5.14. The molecule has 0 aliphatic carbocycles. The largest absolute Gasteiger partial charge is 0.497 e. The topological polar surface area (TPSA) is 46.6 Å². The van der Waals surface area contributed by atoms with Gasteiger partial charge in [0.1, 0.15) is 5.75 Å². The second-order valence-corrected chi connectivity index (χ2v) is 9.23. The van der Waals surface area contributed by atoms with Gasteiger partial charge in [0.15, 0.2) is 0 Å². The van der Waals surface area contributed by atoms with Gasteiger partial charge in [-0.05, 0) is 56.2 Å². The molecular weight excluding hydrogens is 406 g/mol. The smallest absolute Gasteiger partial charge is 0.264 e. The number of benzene rings is 3. The maximum Gasteiger partial charge on any atom is 0.264 e. The number of hydrogen-bond donors (Lipinski definition) is 0. The summed E-state index contributed by atoms with van der Waals surface area (Å²) >= 11 is 6.23.